The first-order chi connectivity index (χ1) is 17.7. The number of carbonyl (C=O) groups is 4. The van der Waals surface area contributed by atoms with Gasteiger partial charge in [0.25, 0.3) is 22.3 Å². The third-order valence-corrected chi connectivity index (χ3v) is 7.54. The molecule has 4 amide bonds. The van der Waals surface area contributed by atoms with E-state index in [0.717, 1.165) is 44.6 Å². The molecule has 0 radical (unpaired) electrons. The quantitative estimate of drug-likeness (QED) is 0.448. The van der Waals surface area contributed by atoms with Gasteiger partial charge in [0.15, 0.2) is 0 Å². The molecule has 0 atom stereocenters. The molecule has 2 heterocycles. The van der Waals surface area contributed by atoms with Crippen molar-refractivity contribution in [1.82, 2.24) is 9.80 Å². The molecule has 0 saturated carbocycles. The topological polar surface area (TPSA) is 96.5 Å². The summed E-state index contributed by atoms with van der Waals surface area (Å²) in [6.45, 7) is -0.177. The van der Waals surface area contributed by atoms with Crippen molar-refractivity contribution in [2.75, 3.05) is 46.3 Å². The SMILES string of the molecule is COc1ccc(C=C2SC(=O)N(CCN3C(=O)SC(=Cc4ccc(N(C)C)cc4)C3=O)C2=O)c(OC)c1. The maximum absolute atomic E-state index is 12.9. The monoisotopic (exact) mass is 539 g/mol. The number of hydrogen-bond donors (Lipinski definition) is 0. The maximum atomic E-state index is 12.9. The highest BCUT2D eigenvalue weighted by atomic mass is 32.2. The van der Waals surface area contributed by atoms with Crippen molar-refractivity contribution < 1.29 is 28.7 Å². The van der Waals surface area contributed by atoms with Gasteiger partial charge >= 0.3 is 0 Å². The number of benzene rings is 2. The third-order valence-electron chi connectivity index (χ3n) is 5.73. The van der Waals surface area contributed by atoms with Crippen LogP contribution in [-0.4, -0.2) is 73.5 Å². The second-order valence-electron chi connectivity index (χ2n) is 8.26. The molecule has 0 aliphatic carbocycles. The fourth-order valence-electron chi connectivity index (χ4n) is 3.68. The molecule has 2 aliphatic heterocycles. The van der Waals surface area contributed by atoms with E-state index in [2.05, 4.69) is 0 Å². The van der Waals surface area contributed by atoms with Crippen LogP contribution in [0.4, 0.5) is 15.3 Å². The molecule has 37 heavy (non-hydrogen) atoms. The molecule has 2 aromatic rings. The van der Waals surface area contributed by atoms with Crippen LogP contribution in [0.3, 0.4) is 0 Å². The summed E-state index contributed by atoms with van der Waals surface area (Å²) >= 11 is 1.64. The van der Waals surface area contributed by atoms with Crippen LogP contribution in [0.15, 0.2) is 52.3 Å². The Balaban J connectivity index is 1.43. The normalized spacial score (nSPS) is 17.9. The van der Waals surface area contributed by atoms with E-state index in [4.69, 9.17) is 9.47 Å². The van der Waals surface area contributed by atoms with Crippen LogP contribution in [0.5, 0.6) is 11.5 Å². The van der Waals surface area contributed by atoms with Crippen LogP contribution in [0.25, 0.3) is 12.2 Å². The first-order valence-corrected chi connectivity index (χ1v) is 12.8. The van der Waals surface area contributed by atoms with Gasteiger partial charge in [-0.2, -0.15) is 0 Å². The average molecular weight is 540 g/mol. The number of amides is 4. The zero-order valence-electron chi connectivity index (χ0n) is 20.7. The zero-order chi connectivity index (χ0) is 26.7. The molecule has 2 aromatic carbocycles. The number of methoxy groups -OCH3 is 2. The molecular formula is C26H25N3O6S2. The van der Waals surface area contributed by atoms with Crippen LogP contribution in [0.2, 0.25) is 0 Å². The first kappa shape index (κ1) is 26.4. The number of hydrogen-bond acceptors (Lipinski definition) is 9. The number of nitrogens with zero attached hydrogens (tertiary/aromatic N) is 3. The van der Waals surface area contributed by atoms with Crippen molar-refractivity contribution in [1.29, 1.82) is 0 Å². The van der Waals surface area contributed by atoms with E-state index in [1.807, 2.05) is 43.3 Å². The Kier molecular flexibility index (Phi) is 7.94. The van der Waals surface area contributed by atoms with Gasteiger partial charge in [-0.3, -0.25) is 29.0 Å². The highest BCUT2D eigenvalue weighted by Gasteiger charge is 2.39. The summed E-state index contributed by atoms with van der Waals surface area (Å²) < 4.78 is 10.5. The minimum atomic E-state index is -0.489. The molecular weight excluding hydrogens is 514 g/mol. The summed E-state index contributed by atoms with van der Waals surface area (Å²) in [7, 11) is 6.91. The Morgan fingerprint density at radius 3 is 1.86 bits per heavy atom. The van der Waals surface area contributed by atoms with Crippen molar-refractivity contribution in [3.63, 3.8) is 0 Å². The van der Waals surface area contributed by atoms with Gasteiger partial charge in [0.1, 0.15) is 11.5 Å². The zero-order valence-corrected chi connectivity index (χ0v) is 22.4. The molecule has 2 fully saturated rings. The first-order valence-electron chi connectivity index (χ1n) is 11.2. The molecule has 4 rings (SSSR count). The smallest absolute Gasteiger partial charge is 0.293 e. The van der Waals surface area contributed by atoms with E-state index < -0.39 is 22.3 Å². The van der Waals surface area contributed by atoms with E-state index in [-0.39, 0.29) is 18.0 Å². The molecule has 9 nitrogen and oxygen atoms in total. The molecule has 0 bridgehead atoms. The highest BCUT2D eigenvalue weighted by molar-refractivity contribution is 8.18. The van der Waals surface area contributed by atoms with Gasteiger partial charge in [-0.1, -0.05) is 12.1 Å². The Hall–Kier alpha value is -3.70. The van der Waals surface area contributed by atoms with Crippen LogP contribution in [-0.2, 0) is 9.59 Å². The fourth-order valence-corrected chi connectivity index (χ4v) is 5.41. The lowest BCUT2D eigenvalue weighted by atomic mass is 10.1. The summed E-state index contributed by atoms with van der Waals surface area (Å²) in [5, 5.41) is -0.904. The fraction of sp³-hybridized carbons (Fsp3) is 0.231. The molecule has 0 aromatic heterocycles. The van der Waals surface area contributed by atoms with Crippen molar-refractivity contribution in [2.24, 2.45) is 0 Å². The number of anilines is 1. The summed E-state index contributed by atoms with van der Waals surface area (Å²) in [5.74, 6) is 0.152. The predicted octanol–water partition coefficient (Wildman–Crippen LogP) is 4.54. The Morgan fingerprint density at radius 2 is 1.35 bits per heavy atom. The van der Waals surface area contributed by atoms with Crippen LogP contribution in [0, 0.1) is 0 Å². The Labute approximate surface area is 223 Å². The minimum absolute atomic E-state index is 0.0846. The second-order valence-corrected chi connectivity index (χ2v) is 10.2. The lowest BCUT2D eigenvalue weighted by molar-refractivity contribution is -0.125. The van der Waals surface area contributed by atoms with Crippen LogP contribution < -0.4 is 14.4 Å². The van der Waals surface area contributed by atoms with E-state index in [1.165, 1.54) is 14.2 Å². The van der Waals surface area contributed by atoms with Gasteiger partial charge < -0.3 is 14.4 Å². The molecule has 2 saturated heterocycles. The second kappa shape index (κ2) is 11.1. The summed E-state index contributed by atoms with van der Waals surface area (Å²) in [6.07, 6.45) is 3.24. The summed E-state index contributed by atoms with van der Waals surface area (Å²) in [5.41, 5.74) is 2.42. The summed E-state index contributed by atoms with van der Waals surface area (Å²) in [4.78, 5) is 55.5. The maximum Gasteiger partial charge on any atom is 0.293 e. The van der Waals surface area contributed by atoms with Crippen molar-refractivity contribution >= 4 is 63.7 Å². The Morgan fingerprint density at radius 1 is 0.784 bits per heavy atom. The van der Waals surface area contributed by atoms with E-state index in [0.29, 0.717) is 22.0 Å². The number of ether oxygens (including phenoxy) is 2. The Bertz CT molecular complexity index is 1320. The third kappa shape index (κ3) is 5.67. The standard InChI is InChI=1S/C26H25N3O6S2/c1-27(2)18-8-5-16(6-9-18)13-21-23(30)28(25(32)36-21)11-12-29-24(31)22(37-26(29)33)14-17-7-10-19(34-3)15-20(17)35-4/h5-10,13-15H,11-12H2,1-4H3. The number of imide groups is 2. The average Bonchev–Trinajstić information content (AvgIpc) is 3.31. The van der Waals surface area contributed by atoms with Gasteiger partial charge in [-0.15, -0.1) is 0 Å². The predicted molar refractivity (Wildman–Crippen MR) is 146 cm³/mol. The van der Waals surface area contributed by atoms with Gasteiger partial charge in [-0.25, -0.2) is 0 Å². The lowest BCUT2D eigenvalue weighted by Crippen LogP contribution is -2.39. The van der Waals surface area contributed by atoms with Crippen LogP contribution in [0.1, 0.15) is 11.1 Å². The number of carbonyl (C=O) groups excluding carboxylic acids is 4. The number of thioether (sulfide) groups is 2. The lowest BCUT2D eigenvalue weighted by Gasteiger charge is -2.17. The van der Waals surface area contributed by atoms with E-state index in [1.54, 1.807) is 30.4 Å². The molecule has 2 aliphatic rings. The molecule has 192 valence electrons. The molecule has 0 unspecified atom stereocenters. The van der Waals surface area contributed by atoms with Gasteiger partial charge in [-0.05, 0) is 65.5 Å². The van der Waals surface area contributed by atoms with Crippen molar-refractivity contribution in [2.45, 2.75) is 0 Å². The molecule has 0 N–H and O–H groups in total. The highest BCUT2D eigenvalue weighted by Crippen LogP contribution is 2.36. The largest absolute Gasteiger partial charge is 0.497 e. The molecule has 11 heteroatoms. The minimum Gasteiger partial charge on any atom is -0.497 e. The number of rotatable bonds is 8. The van der Waals surface area contributed by atoms with Gasteiger partial charge in [0.2, 0.25) is 0 Å². The molecule has 0 spiro atoms. The summed E-state index contributed by atoms with van der Waals surface area (Å²) in [6, 6.07) is 12.7. The van der Waals surface area contributed by atoms with Gasteiger partial charge in [0, 0.05) is 44.5 Å². The van der Waals surface area contributed by atoms with Crippen molar-refractivity contribution in [3.05, 3.63) is 63.4 Å². The van der Waals surface area contributed by atoms with E-state index in [9.17, 15) is 19.2 Å². The van der Waals surface area contributed by atoms with E-state index >= 15 is 0 Å². The van der Waals surface area contributed by atoms with Crippen molar-refractivity contribution in [3.8, 4) is 11.5 Å². The van der Waals surface area contributed by atoms with Crippen LogP contribution >= 0.6 is 23.5 Å². The van der Waals surface area contributed by atoms with Gasteiger partial charge in [0.05, 0.1) is 24.0 Å².